The average Bonchev–Trinajstić information content (AvgIpc) is 2.62. The van der Waals surface area contributed by atoms with E-state index in [1.54, 1.807) is 0 Å². The number of nitrogens with one attached hydrogen (secondary N) is 1. The molecule has 88 valence electrons. The summed E-state index contributed by atoms with van der Waals surface area (Å²) in [4.78, 5) is 11.6. The van der Waals surface area contributed by atoms with Crippen LogP contribution in [-0.4, -0.2) is 17.3 Å². The SMILES string of the molecule is CC(C)CCC(=O)NC1CCCC1CBr. The van der Waals surface area contributed by atoms with Crippen LogP contribution in [0.15, 0.2) is 0 Å². The number of halogens is 1. The summed E-state index contributed by atoms with van der Waals surface area (Å²) in [6, 6.07) is 0.420. The number of hydrogen-bond donors (Lipinski definition) is 1. The summed E-state index contributed by atoms with van der Waals surface area (Å²) >= 11 is 3.52. The standard InChI is InChI=1S/C12H22BrNO/c1-9(2)6-7-12(15)14-11-5-3-4-10(11)8-13/h9-11H,3-8H2,1-2H3,(H,14,15). The molecule has 0 bridgehead atoms. The number of alkyl halides is 1. The molecule has 15 heavy (non-hydrogen) atoms. The maximum Gasteiger partial charge on any atom is 0.220 e. The lowest BCUT2D eigenvalue weighted by Crippen LogP contribution is -2.37. The predicted molar refractivity (Wildman–Crippen MR) is 67.1 cm³/mol. The first-order chi connectivity index (χ1) is 7.13. The number of carbonyl (C=O) groups is 1. The molecule has 0 saturated heterocycles. The van der Waals surface area contributed by atoms with Crippen LogP contribution in [0, 0.1) is 11.8 Å². The van der Waals surface area contributed by atoms with Crippen molar-refractivity contribution in [1.29, 1.82) is 0 Å². The largest absolute Gasteiger partial charge is 0.353 e. The summed E-state index contributed by atoms with van der Waals surface area (Å²) in [5, 5.41) is 4.18. The van der Waals surface area contributed by atoms with E-state index >= 15 is 0 Å². The molecule has 1 N–H and O–H groups in total. The molecule has 2 unspecified atom stereocenters. The van der Waals surface area contributed by atoms with Crippen LogP contribution < -0.4 is 5.32 Å². The van der Waals surface area contributed by atoms with Crippen molar-refractivity contribution in [3.63, 3.8) is 0 Å². The minimum atomic E-state index is 0.238. The third-order valence-electron chi connectivity index (χ3n) is 3.15. The van der Waals surface area contributed by atoms with Gasteiger partial charge in [0, 0.05) is 17.8 Å². The Hall–Kier alpha value is -0.0500. The zero-order valence-corrected chi connectivity index (χ0v) is 11.3. The first-order valence-electron chi connectivity index (χ1n) is 5.98. The molecule has 1 aliphatic carbocycles. The van der Waals surface area contributed by atoms with Crippen LogP contribution in [0.4, 0.5) is 0 Å². The van der Waals surface area contributed by atoms with Crippen molar-refractivity contribution in [3.05, 3.63) is 0 Å². The molecule has 0 aromatic carbocycles. The summed E-state index contributed by atoms with van der Waals surface area (Å²) in [6.45, 7) is 4.31. The Morgan fingerprint density at radius 2 is 2.20 bits per heavy atom. The van der Waals surface area contributed by atoms with Crippen molar-refractivity contribution in [2.75, 3.05) is 5.33 Å². The molecule has 0 aromatic heterocycles. The highest BCUT2D eigenvalue weighted by atomic mass is 79.9. The van der Waals surface area contributed by atoms with E-state index < -0.39 is 0 Å². The molecule has 1 fully saturated rings. The van der Waals surface area contributed by atoms with Crippen LogP contribution in [-0.2, 0) is 4.79 Å². The lowest BCUT2D eigenvalue weighted by atomic mass is 10.0. The lowest BCUT2D eigenvalue weighted by molar-refractivity contribution is -0.122. The van der Waals surface area contributed by atoms with Crippen LogP contribution in [0.25, 0.3) is 0 Å². The average molecular weight is 276 g/mol. The van der Waals surface area contributed by atoms with Gasteiger partial charge in [-0.2, -0.15) is 0 Å². The van der Waals surface area contributed by atoms with Crippen LogP contribution in [0.5, 0.6) is 0 Å². The Kier molecular flexibility index (Phi) is 5.65. The molecule has 2 nitrogen and oxygen atoms in total. The minimum absolute atomic E-state index is 0.238. The zero-order valence-electron chi connectivity index (χ0n) is 9.76. The van der Waals surface area contributed by atoms with Gasteiger partial charge in [-0.3, -0.25) is 4.79 Å². The summed E-state index contributed by atoms with van der Waals surface area (Å²) in [7, 11) is 0. The minimum Gasteiger partial charge on any atom is -0.353 e. The van der Waals surface area contributed by atoms with E-state index in [2.05, 4.69) is 35.1 Å². The number of rotatable bonds is 5. The molecule has 0 aliphatic heterocycles. The van der Waals surface area contributed by atoms with Gasteiger partial charge in [0.25, 0.3) is 0 Å². The molecule has 0 heterocycles. The van der Waals surface area contributed by atoms with Crippen molar-refractivity contribution in [2.24, 2.45) is 11.8 Å². The van der Waals surface area contributed by atoms with Gasteiger partial charge < -0.3 is 5.32 Å². The zero-order chi connectivity index (χ0) is 11.3. The molecule has 0 radical (unpaired) electrons. The number of carbonyl (C=O) groups excluding carboxylic acids is 1. The summed E-state index contributed by atoms with van der Waals surface area (Å²) in [5.41, 5.74) is 0. The molecule has 3 heteroatoms. The Balaban J connectivity index is 2.24. The Morgan fingerprint density at radius 1 is 1.47 bits per heavy atom. The van der Waals surface area contributed by atoms with E-state index in [9.17, 15) is 4.79 Å². The Bertz CT molecular complexity index is 206. The highest BCUT2D eigenvalue weighted by molar-refractivity contribution is 9.09. The van der Waals surface area contributed by atoms with Crippen molar-refractivity contribution in [3.8, 4) is 0 Å². The van der Waals surface area contributed by atoms with Gasteiger partial charge in [0.05, 0.1) is 0 Å². The van der Waals surface area contributed by atoms with Gasteiger partial charge in [-0.1, -0.05) is 36.2 Å². The second-order valence-electron chi connectivity index (χ2n) is 4.95. The Labute approximate surface area is 101 Å². The van der Waals surface area contributed by atoms with E-state index in [1.165, 1.54) is 12.8 Å². The number of amides is 1. The van der Waals surface area contributed by atoms with Crippen LogP contribution >= 0.6 is 15.9 Å². The summed E-state index contributed by atoms with van der Waals surface area (Å²) in [5.74, 6) is 1.50. The van der Waals surface area contributed by atoms with Gasteiger partial charge in [-0.25, -0.2) is 0 Å². The van der Waals surface area contributed by atoms with Gasteiger partial charge in [0.1, 0.15) is 0 Å². The molecule has 1 amide bonds. The van der Waals surface area contributed by atoms with E-state index in [1.807, 2.05) is 0 Å². The lowest BCUT2D eigenvalue weighted by Gasteiger charge is -2.19. The van der Waals surface area contributed by atoms with E-state index in [-0.39, 0.29) is 5.91 Å². The fraction of sp³-hybridized carbons (Fsp3) is 0.917. The monoisotopic (exact) mass is 275 g/mol. The fourth-order valence-electron chi connectivity index (χ4n) is 2.11. The molecule has 1 rings (SSSR count). The van der Waals surface area contributed by atoms with Crippen molar-refractivity contribution in [2.45, 2.75) is 52.0 Å². The van der Waals surface area contributed by atoms with Gasteiger partial charge in [0.15, 0.2) is 0 Å². The maximum absolute atomic E-state index is 11.6. The number of hydrogen-bond acceptors (Lipinski definition) is 1. The normalized spacial score (nSPS) is 25.9. The second-order valence-corrected chi connectivity index (χ2v) is 5.60. The highest BCUT2D eigenvalue weighted by Gasteiger charge is 2.27. The fourth-order valence-corrected chi connectivity index (χ4v) is 2.89. The first kappa shape index (κ1) is 13.0. The van der Waals surface area contributed by atoms with Gasteiger partial charge in [-0.15, -0.1) is 0 Å². The smallest absolute Gasteiger partial charge is 0.220 e. The maximum atomic E-state index is 11.6. The first-order valence-corrected chi connectivity index (χ1v) is 7.11. The molecular weight excluding hydrogens is 254 g/mol. The molecular formula is C12H22BrNO. The van der Waals surface area contributed by atoms with Gasteiger partial charge >= 0.3 is 0 Å². The van der Waals surface area contributed by atoms with E-state index in [4.69, 9.17) is 0 Å². The van der Waals surface area contributed by atoms with Gasteiger partial charge in [0.2, 0.25) is 5.91 Å². The van der Waals surface area contributed by atoms with Crippen LogP contribution in [0.2, 0.25) is 0 Å². The third-order valence-corrected chi connectivity index (χ3v) is 3.98. The highest BCUT2D eigenvalue weighted by Crippen LogP contribution is 2.27. The quantitative estimate of drug-likeness (QED) is 0.768. The van der Waals surface area contributed by atoms with E-state index in [0.717, 1.165) is 18.2 Å². The molecule has 2 atom stereocenters. The molecule has 0 aromatic rings. The third kappa shape index (κ3) is 4.54. The van der Waals surface area contributed by atoms with Crippen molar-refractivity contribution < 1.29 is 4.79 Å². The topological polar surface area (TPSA) is 29.1 Å². The van der Waals surface area contributed by atoms with Gasteiger partial charge in [-0.05, 0) is 31.1 Å². The second kappa shape index (κ2) is 6.51. The molecule has 0 spiro atoms. The van der Waals surface area contributed by atoms with Crippen LogP contribution in [0.3, 0.4) is 0 Å². The summed E-state index contributed by atoms with van der Waals surface area (Å²) < 4.78 is 0. The van der Waals surface area contributed by atoms with Crippen LogP contribution in [0.1, 0.15) is 46.0 Å². The summed E-state index contributed by atoms with van der Waals surface area (Å²) in [6.07, 6.45) is 5.34. The Morgan fingerprint density at radius 3 is 2.80 bits per heavy atom. The van der Waals surface area contributed by atoms with E-state index in [0.29, 0.717) is 24.3 Å². The van der Waals surface area contributed by atoms with Crippen molar-refractivity contribution in [1.82, 2.24) is 5.32 Å². The molecule has 1 aliphatic rings. The molecule has 1 saturated carbocycles. The van der Waals surface area contributed by atoms with Crippen molar-refractivity contribution >= 4 is 21.8 Å². The predicted octanol–water partition coefficient (Wildman–Crippen LogP) is 3.10.